The lowest BCUT2D eigenvalue weighted by Gasteiger charge is -2.27. The number of fused-ring (bicyclic) bond motifs is 1. The van der Waals surface area contributed by atoms with Gasteiger partial charge in [-0.05, 0) is 40.9 Å². The van der Waals surface area contributed by atoms with Crippen molar-refractivity contribution in [1.82, 2.24) is 4.90 Å². The second-order valence-electron chi connectivity index (χ2n) is 3.96. The minimum absolute atomic E-state index is 0.277. The van der Waals surface area contributed by atoms with Crippen molar-refractivity contribution in [3.63, 3.8) is 0 Å². The summed E-state index contributed by atoms with van der Waals surface area (Å²) in [6.45, 7) is 5.30. The van der Waals surface area contributed by atoms with Crippen LogP contribution in [0.4, 0.5) is 0 Å². The van der Waals surface area contributed by atoms with E-state index in [4.69, 9.17) is 5.73 Å². The molecule has 0 unspecified atom stereocenters. The Kier molecular flexibility index (Phi) is 3.27. The molecule has 0 fully saturated rings. The Labute approximate surface area is 97.2 Å². The zero-order chi connectivity index (χ0) is 10.1. The fourth-order valence-electron chi connectivity index (χ4n) is 1.92. The van der Waals surface area contributed by atoms with E-state index in [9.17, 15) is 0 Å². The monoisotopic (exact) mass is 274 g/mol. The summed E-state index contributed by atoms with van der Waals surface area (Å²) in [5.74, 6) is 0. The Morgan fingerprint density at radius 1 is 1.71 bits per heavy atom. The molecule has 2 nitrogen and oxygen atoms in total. The van der Waals surface area contributed by atoms with Gasteiger partial charge in [-0.15, -0.1) is 11.3 Å². The number of hydrogen-bond acceptors (Lipinski definition) is 3. The molecule has 2 N–H and O–H groups in total. The summed E-state index contributed by atoms with van der Waals surface area (Å²) in [6.07, 6.45) is 1.18. The van der Waals surface area contributed by atoms with Gasteiger partial charge in [0.25, 0.3) is 0 Å². The first kappa shape index (κ1) is 10.6. The van der Waals surface area contributed by atoms with Crippen LogP contribution in [-0.2, 0) is 13.0 Å². The van der Waals surface area contributed by atoms with Crippen LogP contribution in [0.2, 0.25) is 0 Å². The lowest BCUT2D eigenvalue weighted by atomic mass is 10.1. The summed E-state index contributed by atoms with van der Waals surface area (Å²) in [7, 11) is 0. The van der Waals surface area contributed by atoms with E-state index in [0.29, 0.717) is 0 Å². The third-order valence-corrected chi connectivity index (χ3v) is 4.20. The van der Waals surface area contributed by atoms with Crippen molar-refractivity contribution < 1.29 is 0 Å². The standard InChI is InChI=1S/C10H15BrN2S/c1-7(12)5-13-3-2-9-8(6-13)4-10(11)14-9/h4,7H,2-3,5-6,12H2,1H3/t7-/m1/s1. The van der Waals surface area contributed by atoms with Gasteiger partial charge in [-0.1, -0.05) is 0 Å². The zero-order valence-corrected chi connectivity index (χ0v) is 10.7. The molecule has 0 saturated heterocycles. The molecular weight excluding hydrogens is 260 g/mol. The number of hydrogen-bond donors (Lipinski definition) is 1. The van der Waals surface area contributed by atoms with Gasteiger partial charge in [-0.3, -0.25) is 4.90 Å². The Morgan fingerprint density at radius 3 is 3.21 bits per heavy atom. The number of halogens is 1. The highest BCUT2D eigenvalue weighted by Gasteiger charge is 2.18. The average Bonchev–Trinajstić information content (AvgIpc) is 2.42. The van der Waals surface area contributed by atoms with Crippen LogP contribution in [0.3, 0.4) is 0 Å². The number of thiophene rings is 1. The molecule has 1 aromatic heterocycles. The molecule has 0 radical (unpaired) electrons. The van der Waals surface area contributed by atoms with Crippen molar-refractivity contribution in [2.75, 3.05) is 13.1 Å². The topological polar surface area (TPSA) is 29.3 Å². The second kappa shape index (κ2) is 4.31. The van der Waals surface area contributed by atoms with E-state index in [-0.39, 0.29) is 6.04 Å². The molecule has 1 aliphatic heterocycles. The van der Waals surface area contributed by atoms with E-state index in [0.717, 1.165) is 19.6 Å². The van der Waals surface area contributed by atoms with E-state index >= 15 is 0 Å². The summed E-state index contributed by atoms with van der Waals surface area (Å²) in [6, 6.07) is 2.52. The van der Waals surface area contributed by atoms with E-state index in [1.54, 1.807) is 0 Å². The summed E-state index contributed by atoms with van der Waals surface area (Å²) in [4.78, 5) is 3.98. The quantitative estimate of drug-likeness (QED) is 0.896. The van der Waals surface area contributed by atoms with Gasteiger partial charge in [0.15, 0.2) is 0 Å². The lowest BCUT2D eigenvalue weighted by molar-refractivity contribution is 0.244. The van der Waals surface area contributed by atoms with Crippen molar-refractivity contribution in [1.29, 1.82) is 0 Å². The van der Waals surface area contributed by atoms with Crippen molar-refractivity contribution in [2.45, 2.75) is 25.9 Å². The Balaban J connectivity index is 2.05. The fourth-order valence-corrected chi connectivity index (χ4v) is 3.67. The minimum atomic E-state index is 0.277. The minimum Gasteiger partial charge on any atom is -0.327 e. The largest absolute Gasteiger partial charge is 0.327 e. The molecule has 1 atom stereocenters. The normalized spacial score (nSPS) is 19.4. The van der Waals surface area contributed by atoms with Crippen LogP contribution in [0, 0.1) is 0 Å². The predicted octanol–water partition coefficient (Wildman–Crippen LogP) is 2.22. The molecular formula is C10H15BrN2S. The first-order chi connectivity index (χ1) is 6.65. The highest BCUT2D eigenvalue weighted by atomic mass is 79.9. The molecule has 0 amide bonds. The molecule has 14 heavy (non-hydrogen) atoms. The Hall–Kier alpha value is 0.100. The van der Waals surface area contributed by atoms with Gasteiger partial charge in [-0.25, -0.2) is 0 Å². The molecule has 1 aliphatic rings. The van der Waals surface area contributed by atoms with Gasteiger partial charge in [-0.2, -0.15) is 0 Å². The molecule has 0 saturated carbocycles. The number of nitrogens with zero attached hydrogens (tertiary/aromatic N) is 1. The lowest BCUT2D eigenvalue weighted by Crippen LogP contribution is -2.38. The predicted molar refractivity (Wildman–Crippen MR) is 64.6 cm³/mol. The highest BCUT2D eigenvalue weighted by molar-refractivity contribution is 9.11. The SMILES string of the molecule is C[C@@H](N)CN1CCc2sc(Br)cc2C1. The first-order valence-corrected chi connectivity index (χ1v) is 6.51. The summed E-state index contributed by atoms with van der Waals surface area (Å²) in [5.41, 5.74) is 7.28. The van der Waals surface area contributed by atoms with E-state index in [1.807, 2.05) is 11.3 Å². The van der Waals surface area contributed by atoms with E-state index < -0.39 is 0 Å². The number of rotatable bonds is 2. The van der Waals surface area contributed by atoms with Gasteiger partial charge in [0.2, 0.25) is 0 Å². The first-order valence-electron chi connectivity index (χ1n) is 4.90. The second-order valence-corrected chi connectivity index (χ2v) is 6.48. The summed E-state index contributed by atoms with van der Waals surface area (Å²) < 4.78 is 1.25. The van der Waals surface area contributed by atoms with Gasteiger partial charge in [0, 0.05) is 30.6 Å². The maximum absolute atomic E-state index is 5.80. The van der Waals surface area contributed by atoms with Crippen molar-refractivity contribution in [3.8, 4) is 0 Å². The van der Waals surface area contributed by atoms with Crippen LogP contribution in [0.1, 0.15) is 17.4 Å². The molecule has 0 aliphatic carbocycles. The van der Waals surface area contributed by atoms with Crippen LogP contribution in [-0.4, -0.2) is 24.0 Å². The van der Waals surface area contributed by atoms with Crippen molar-refractivity contribution in [2.24, 2.45) is 5.73 Å². The Morgan fingerprint density at radius 2 is 2.50 bits per heavy atom. The van der Waals surface area contributed by atoms with E-state index in [2.05, 4.69) is 33.8 Å². The van der Waals surface area contributed by atoms with Gasteiger partial charge in [0.1, 0.15) is 0 Å². The van der Waals surface area contributed by atoms with Crippen LogP contribution in [0.5, 0.6) is 0 Å². The van der Waals surface area contributed by atoms with Crippen molar-refractivity contribution in [3.05, 3.63) is 20.3 Å². The smallest absolute Gasteiger partial charge is 0.0704 e. The van der Waals surface area contributed by atoms with Crippen LogP contribution in [0.15, 0.2) is 9.85 Å². The maximum atomic E-state index is 5.80. The summed E-state index contributed by atoms with van der Waals surface area (Å²) in [5, 5.41) is 0. The van der Waals surface area contributed by atoms with Gasteiger partial charge < -0.3 is 5.73 Å². The molecule has 1 aromatic rings. The highest BCUT2D eigenvalue weighted by Crippen LogP contribution is 2.31. The third-order valence-electron chi connectivity index (χ3n) is 2.46. The van der Waals surface area contributed by atoms with E-state index in [1.165, 1.54) is 20.6 Å². The fraction of sp³-hybridized carbons (Fsp3) is 0.600. The van der Waals surface area contributed by atoms with Crippen LogP contribution >= 0.6 is 27.3 Å². The molecule has 0 bridgehead atoms. The maximum Gasteiger partial charge on any atom is 0.0704 e. The zero-order valence-electron chi connectivity index (χ0n) is 8.29. The molecule has 4 heteroatoms. The average molecular weight is 275 g/mol. The molecule has 2 rings (SSSR count). The molecule has 0 spiro atoms. The Bertz CT molecular complexity index is 322. The van der Waals surface area contributed by atoms with Crippen LogP contribution < -0.4 is 5.73 Å². The molecule has 0 aromatic carbocycles. The van der Waals surface area contributed by atoms with Gasteiger partial charge >= 0.3 is 0 Å². The van der Waals surface area contributed by atoms with Crippen molar-refractivity contribution >= 4 is 27.3 Å². The van der Waals surface area contributed by atoms with Gasteiger partial charge in [0.05, 0.1) is 3.79 Å². The molecule has 2 heterocycles. The van der Waals surface area contributed by atoms with Crippen LogP contribution in [0.25, 0.3) is 0 Å². The summed E-state index contributed by atoms with van der Waals surface area (Å²) >= 11 is 5.41. The molecule has 78 valence electrons. The number of nitrogens with two attached hydrogens (primary N) is 1. The third kappa shape index (κ3) is 2.37.